The summed E-state index contributed by atoms with van der Waals surface area (Å²) >= 11 is 5.96. The Kier molecular flexibility index (Phi) is 3.98. The van der Waals surface area contributed by atoms with Crippen molar-refractivity contribution in [2.75, 3.05) is 12.8 Å². The average molecular weight is 278 g/mol. The Bertz CT molecular complexity index is 599. The highest BCUT2D eigenvalue weighted by atomic mass is 35.5. The maximum Gasteiger partial charge on any atom is 0.127 e. The number of halogens is 1. The molecule has 1 atom stereocenters. The van der Waals surface area contributed by atoms with E-state index < -0.39 is 6.10 Å². The van der Waals surface area contributed by atoms with Crippen LogP contribution in [0.25, 0.3) is 0 Å². The fourth-order valence-corrected chi connectivity index (χ4v) is 2.30. The fourth-order valence-electron chi connectivity index (χ4n) is 2.12. The lowest BCUT2D eigenvalue weighted by atomic mass is 9.97. The van der Waals surface area contributed by atoms with Crippen LogP contribution in [-0.4, -0.2) is 12.2 Å². The molecule has 0 fully saturated rings. The van der Waals surface area contributed by atoms with Crippen molar-refractivity contribution in [3.8, 4) is 5.75 Å². The second kappa shape index (κ2) is 5.51. The molecule has 0 aliphatic carbocycles. The molecule has 0 radical (unpaired) electrons. The third-order valence-corrected chi connectivity index (χ3v) is 3.32. The minimum atomic E-state index is -0.867. The second-order valence-electron chi connectivity index (χ2n) is 4.37. The third-order valence-electron chi connectivity index (χ3n) is 3.08. The SMILES string of the molecule is COc1c(C)cccc1C(O)c1cc(Cl)ccc1N. The molecule has 3 N–H and O–H groups in total. The number of aryl methyl sites for hydroxylation is 1. The van der Waals surface area contributed by atoms with Crippen molar-refractivity contribution >= 4 is 17.3 Å². The van der Waals surface area contributed by atoms with Gasteiger partial charge in [-0.05, 0) is 30.7 Å². The molecule has 19 heavy (non-hydrogen) atoms. The van der Waals surface area contributed by atoms with Crippen molar-refractivity contribution < 1.29 is 9.84 Å². The molecule has 1 unspecified atom stereocenters. The van der Waals surface area contributed by atoms with E-state index in [4.69, 9.17) is 22.1 Å². The van der Waals surface area contributed by atoms with Crippen molar-refractivity contribution in [1.29, 1.82) is 0 Å². The van der Waals surface area contributed by atoms with Crippen LogP contribution >= 0.6 is 11.6 Å². The van der Waals surface area contributed by atoms with Crippen LogP contribution < -0.4 is 10.5 Å². The predicted molar refractivity (Wildman–Crippen MR) is 77.7 cm³/mol. The van der Waals surface area contributed by atoms with E-state index >= 15 is 0 Å². The number of nitrogen functional groups attached to an aromatic ring is 1. The topological polar surface area (TPSA) is 55.5 Å². The van der Waals surface area contributed by atoms with E-state index in [9.17, 15) is 5.11 Å². The highest BCUT2D eigenvalue weighted by molar-refractivity contribution is 6.30. The summed E-state index contributed by atoms with van der Waals surface area (Å²) in [5, 5.41) is 11.1. The smallest absolute Gasteiger partial charge is 0.127 e. The molecule has 2 aromatic rings. The summed E-state index contributed by atoms with van der Waals surface area (Å²) in [6, 6.07) is 10.7. The summed E-state index contributed by atoms with van der Waals surface area (Å²) in [5.41, 5.74) is 8.61. The Hall–Kier alpha value is -1.71. The van der Waals surface area contributed by atoms with E-state index in [1.807, 2.05) is 25.1 Å². The number of aliphatic hydroxyl groups is 1. The summed E-state index contributed by atoms with van der Waals surface area (Å²) in [6.07, 6.45) is -0.867. The first-order chi connectivity index (χ1) is 9.04. The Morgan fingerprint density at radius 1 is 1.21 bits per heavy atom. The third kappa shape index (κ3) is 2.67. The van der Waals surface area contributed by atoms with Crippen LogP contribution in [0.1, 0.15) is 22.8 Å². The van der Waals surface area contributed by atoms with Crippen LogP contribution in [0.5, 0.6) is 5.75 Å². The van der Waals surface area contributed by atoms with Gasteiger partial charge in [-0.25, -0.2) is 0 Å². The predicted octanol–water partition coefficient (Wildman–Crippen LogP) is 3.32. The zero-order chi connectivity index (χ0) is 14.0. The summed E-state index contributed by atoms with van der Waals surface area (Å²) < 4.78 is 5.36. The first-order valence-corrected chi connectivity index (χ1v) is 6.29. The lowest BCUT2D eigenvalue weighted by Crippen LogP contribution is -2.06. The summed E-state index contributed by atoms with van der Waals surface area (Å²) in [5.74, 6) is 0.661. The average Bonchev–Trinajstić information content (AvgIpc) is 2.40. The Labute approximate surface area is 117 Å². The highest BCUT2D eigenvalue weighted by Crippen LogP contribution is 2.35. The quantitative estimate of drug-likeness (QED) is 0.846. The molecule has 100 valence electrons. The fraction of sp³-hybridized carbons (Fsp3) is 0.200. The van der Waals surface area contributed by atoms with Gasteiger partial charge >= 0.3 is 0 Å². The van der Waals surface area contributed by atoms with Crippen LogP contribution in [0.3, 0.4) is 0 Å². The van der Waals surface area contributed by atoms with Gasteiger partial charge in [-0.1, -0.05) is 29.8 Å². The Balaban J connectivity index is 2.52. The number of ether oxygens (including phenoxy) is 1. The van der Waals surface area contributed by atoms with Gasteiger partial charge in [0.15, 0.2) is 0 Å². The number of nitrogens with two attached hydrogens (primary N) is 1. The van der Waals surface area contributed by atoms with Crippen molar-refractivity contribution in [2.24, 2.45) is 0 Å². The molecule has 0 aromatic heterocycles. The van der Waals surface area contributed by atoms with Gasteiger partial charge in [-0.2, -0.15) is 0 Å². The zero-order valence-electron chi connectivity index (χ0n) is 10.9. The minimum absolute atomic E-state index is 0.500. The number of para-hydroxylation sites is 1. The maximum atomic E-state index is 10.5. The van der Waals surface area contributed by atoms with Gasteiger partial charge < -0.3 is 15.6 Å². The molecule has 2 aromatic carbocycles. The first kappa shape index (κ1) is 13.7. The van der Waals surface area contributed by atoms with Gasteiger partial charge in [0, 0.05) is 21.8 Å². The largest absolute Gasteiger partial charge is 0.496 e. The molecule has 0 spiro atoms. The molecular formula is C15H16ClNO2. The summed E-state index contributed by atoms with van der Waals surface area (Å²) in [6.45, 7) is 1.93. The molecule has 3 nitrogen and oxygen atoms in total. The van der Waals surface area contributed by atoms with E-state index in [2.05, 4.69) is 0 Å². The summed E-state index contributed by atoms with van der Waals surface area (Å²) in [4.78, 5) is 0. The Morgan fingerprint density at radius 2 is 1.95 bits per heavy atom. The second-order valence-corrected chi connectivity index (χ2v) is 4.81. The van der Waals surface area contributed by atoms with Crippen LogP contribution in [0, 0.1) is 6.92 Å². The number of hydrogen-bond acceptors (Lipinski definition) is 3. The van der Waals surface area contributed by atoms with Gasteiger partial charge in [0.25, 0.3) is 0 Å². The number of benzene rings is 2. The van der Waals surface area contributed by atoms with Crippen molar-refractivity contribution in [2.45, 2.75) is 13.0 Å². The van der Waals surface area contributed by atoms with Crippen LogP contribution in [0.2, 0.25) is 5.02 Å². The van der Waals surface area contributed by atoms with Gasteiger partial charge in [0.05, 0.1) is 7.11 Å². The van der Waals surface area contributed by atoms with E-state index in [1.165, 1.54) is 0 Å². The van der Waals surface area contributed by atoms with Gasteiger partial charge in [0.2, 0.25) is 0 Å². The number of anilines is 1. The van der Waals surface area contributed by atoms with Crippen molar-refractivity contribution in [3.05, 3.63) is 58.1 Å². The standard InChI is InChI=1S/C15H16ClNO2/c1-9-4-3-5-11(15(9)19-2)14(18)12-8-10(16)6-7-13(12)17/h3-8,14,18H,17H2,1-2H3. The van der Waals surface area contributed by atoms with Crippen LogP contribution in [-0.2, 0) is 0 Å². The number of aliphatic hydroxyl groups excluding tert-OH is 1. The normalized spacial score (nSPS) is 12.2. The molecule has 0 aliphatic rings. The monoisotopic (exact) mass is 277 g/mol. The van der Waals surface area contributed by atoms with Gasteiger partial charge in [-0.3, -0.25) is 0 Å². The molecule has 4 heteroatoms. The van der Waals surface area contributed by atoms with E-state index in [0.717, 1.165) is 5.56 Å². The minimum Gasteiger partial charge on any atom is -0.496 e. The molecular weight excluding hydrogens is 262 g/mol. The first-order valence-electron chi connectivity index (χ1n) is 5.91. The zero-order valence-corrected chi connectivity index (χ0v) is 11.6. The van der Waals surface area contributed by atoms with Gasteiger partial charge in [0.1, 0.15) is 11.9 Å². The molecule has 0 amide bonds. The molecule has 0 aliphatic heterocycles. The lowest BCUT2D eigenvalue weighted by molar-refractivity contribution is 0.215. The number of hydrogen-bond donors (Lipinski definition) is 2. The molecule has 0 heterocycles. The van der Waals surface area contributed by atoms with Gasteiger partial charge in [-0.15, -0.1) is 0 Å². The van der Waals surface area contributed by atoms with Crippen molar-refractivity contribution in [1.82, 2.24) is 0 Å². The Morgan fingerprint density at radius 3 is 2.63 bits per heavy atom. The van der Waals surface area contributed by atoms with Crippen LogP contribution in [0.15, 0.2) is 36.4 Å². The number of methoxy groups -OCH3 is 1. The molecule has 0 saturated heterocycles. The van der Waals surface area contributed by atoms with Crippen LogP contribution in [0.4, 0.5) is 5.69 Å². The number of rotatable bonds is 3. The van der Waals surface area contributed by atoms with E-state index in [1.54, 1.807) is 25.3 Å². The molecule has 0 saturated carbocycles. The molecule has 2 rings (SSSR count). The van der Waals surface area contributed by atoms with Crippen molar-refractivity contribution in [3.63, 3.8) is 0 Å². The highest BCUT2D eigenvalue weighted by Gasteiger charge is 2.19. The van der Waals surface area contributed by atoms with E-state index in [-0.39, 0.29) is 0 Å². The van der Waals surface area contributed by atoms with E-state index in [0.29, 0.717) is 27.6 Å². The lowest BCUT2D eigenvalue weighted by Gasteiger charge is -2.18. The summed E-state index contributed by atoms with van der Waals surface area (Å²) in [7, 11) is 1.58. The maximum absolute atomic E-state index is 10.5. The molecule has 0 bridgehead atoms.